The Morgan fingerprint density at radius 1 is 1.42 bits per heavy atom. The van der Waals surface area contributed by atoms with Gasteiger partial charge in [-0.25, -0.2) is 13.1 Å². The Morgan fingerprint density at radius 2 is 2.11 bits per heavy atom. The number of hydrogen-bond donors (Lipinski definition) is 2. The molecule has 104 valence electrons. The standard InChI is InChI=1S/C11H15N3O4S/c1-11(6-7-12-8-11)13-19(17,18)10-5-3-2-4-9(10)14(15)16/h2-5,12-13H,6-8H2,1H3. The van der Waals surface area contributed by atoms with Crippen molar-refractivity contribution in [3.05, 3.63) is 34.4 Å². The summed E-state index contributed by atoms with van der Waals surface area (Å²) < 4.78 is 27.1. The number of benzene rings is 1. The van der Waals surface area contributed by atoms with E-state index in [9.17, 15) is 18.5 Å². The van der Waals surface area contributed by atoms with Gasteiger partial charge in [0, 0.05) is 18.2 Å². The number of para-hydroxylation sites is 1. The minimum atomic E-state index is -3.91. The lowest BCUT2D eigenvalue weighted by Gasteiger charge is -2.23. The van der Waals surface area contributed by atoms with E-state index in [-0.39, 0.29) is 4.90 Å². The summed E-state index contributed by atoms with van der Waals surface area (Å²) in [4.78, 5) is 9.90. The van der Waals surface area contributed by atoms with Gasteiger partial charge in [-0.15, -0.1) is 0 Å². The van der Waals surface area contributed by atoms with Gasteiger partial charge in [0.05, 0.1) is 4.92 Å². The molecule has 1 atom stereocenters. The van der Waals surface area contributed by atoms with Gasteiger partial charge in [0.1, 0.15) is 0 Å². The van der Waals surface area contributed by atoms with Crippen molar-refractivity contribution in [3.63, 3.8) is 0 Å². The SMILES string of the molecule is CC1(NS(=O)(=O)c2ccccc2[N+](=O)[O-])CCNC1. The van der Waals surface area contributed by atoms with Crippen LogP contribution < -0.4 is 10.0 Å². The Labute approximate surface area is 111 Å². The lowest BCUT2D eigenvalue weighted by Crippen LogP contribution is -2.47. The van der Waals surface area contributed by atoms with Crippen LogP contribution in [0.15, 0.2) is 29.2 Å². The average molecular weight is 285 g/mol. The summed E-state index contributed by atoms with van der Waals surface area (Å²) in [5, 5.41) is 13.9. The fraction of sp³-hybridized carbons (Fsp3) is 0.455. The first-order chi connectivity index (χ1) is 8.84. The maximum Gasteiger partial charge on any atom is 0.289 e. The molecule has 1 saturated heterocycles. The summed E-state index contributed by atoms with van der Waals surface area (Å²) in [5.41, 5.74) is -1.02. The molecule has 0 amide bonds. The van der Waals surface area contributed by atoms with Crippen LogP contribution in [0.5, 0.6) is 0 Å². The largest absolute Gasteiger partial charge is 0.315 e. The van der Waals surface area contributed by atoms with Crippen LogP contribution in [0.3, 0.4) is 0 Å². The number of rotatable bonds is 4. The first-order valence-corrected chi connectivity index (χ1v) is 7.31. The fourth-order valence-corrected chi connectivity index (χ4v) is 3.73. The Kier molecular flexibility index (Phi) is 3.57. The molecule has 1 aliphatic rings. The molecule has 0 bridgehead atoms. The van der Waals surface area contributed by atoms with Gasteiger partial charge in [-0.3, -0.25) is 10.1 Å². The second-order valence-electron chi connectivity index (χ2n) is 4.82. The minimum absolute atomic E-state index is 0.298. The Morgan fingerprint density at radius 3 is 2.68 bits per heavy atom. The molecule has 1 aromatic carbocycles. The smallest absolute Gasteiger partial charge is 0.289 e. The molecular weight excluding hydrogens is 270 g/mol. The van der Waals surface area contributed by atoms with Gasteiger partial charge in [-0.2, -0.15) is 0 Å². The van der Waals surface area contributed by atoms with E-state index in [1.165, 1.54) is 24.3 Å². The number of nitrogens with zero attached hydrogens (tertiary/aromatic N) is 1. The molecule has 0 saturated carbocycles. The monoisotopic (exact) mass is 285 g/mol. The van der Waals surface area contributed by atoms with Crippen molar-refractivity contribution in [3.8, 4) is 0 Å². The minimum Gasteiger partial charge on any atom is -0.315 e. The predicted molar refractivity (Wildman–Crippen MR) is 69.3 cm³/mol. The molecule has 1 heterocycles. The van der Waals surface area contributed by atoms with Crippen LogP contribution >= 0.6 is 0 Å². The van der Waals surface area contributed by atoms with Crippen molar-refractivity contribution < 1.29 is 13.3 Å². The summed E-state index contributed by atoms with van der Waals surface area (Å²) in [5.74, 6) is 0. The number of nitro benzene ring substituents is 1. The summed E-state index contributed by atoms with van der Waals surface area (Å²) in [7, 11) is -3.91. The van der Waals surface area contributed by atoms with Crippen molar-refractivity contribution in [1.82, 2.24) is 10.0 Å². The van der Waals surface area contributed by atoms with E-state index in [0.717, 1.165) is 6.54 Å². The van der Waals surface area contributed by atoms with Crippen LogP contribution in [0.1, 0.15) is 13.3 Å². The third-order valence-electron chi connectivity index (χ3n) is 3.10. The van der Waals surface area contributed by atoms with Gasteiger partial charge in [0.25, 0.3) is 5.69 Å². The topological polar surface area (TPSA) is 101 Å². The zero-order valence-corrected chi connectivity index (χ0v) is 11.2. The molecule has 8 heteroatoms. The molecule has 1 aromatic rings. The third kappa shape index (κ3) is 2.91. The second-order valence-corrected chi connectivity index (χ2v) is 6.47. The summed E-state index contributed by atoms with van der Waals surface area (Å²) in [6, 6.07) is 5.34. The highest BCUT2D eigenvalue weighted by Crippen LogP contribution is 2.25. The highest BCUT2D eigenvalue weighted by molar-refractivity contribution is 7.89. The molecule has 2 N–H and O–H groups in total. The van der Waals surface area contributed by atoms with Gasteiger partial charge < -0.3 is 5.32 Å². The Bertz CT molecular complexity index is 594. The number of nitro groups is 1. The second kappa shape index (κ2) is 4.87. The van der Waals surface area contributed by atoms with Crippen LogP contribution in [-0.2, 0) is 10.0 Å². The summed E-state index contributed by atoms with van der Waals surface area (Å²) in [6.45, 7) is 3.00. The van der Waals surface area contributed by atoms with E-state index >= 15 is 0 Å². The Hall–Kier alpha value is -1.51. The van der Waals surface area contributed by atoms with Gasteiger partial charge in [-0.1, -0.05) is 12.1 Å². The van der Waals surface area contributed by atoms with Crippen molar-refractivity contribution >= 4 is 15.7 Å². The molecule has 1 fully saturated rings. The average Bonchev–Trinajstić information content (AvgIpc) is 2.74. The molecule has 0 spiro atoms. The lowest BCUT2D eigenvalue weighted by molar-refractivity contribution is -0.387. The molecule has 0 aliphatic carbocycles. The van der Waals surface area contributed by atoms with Crippen molar-refractivity contribution in [2.45, 2.75) is 23.8 Å². The quantitative estimate of drug-likeness (QED) is 0.624. The fourth-order valence-electron chi connectivity index (χ4n) is 2.12. The van der Waals surface area contributed by atoms with Gasteiger partial charge >= 0.3 is 0 Å². The molecule has 2 rings (SSSR count). The zero-order chi connectivity index (χ0) is 14.1. The molecule has 1 unspecified atom stereocenters. The van der Waals surface area contributed by atoms with E-state index in [0.29, 0.717) is 13.0 Å². The van der Waals surface area contributed by atoms with E-state index in [1.54, 1.807) is 6.92 Å². The molecule has 0 aromatic heterocycles. The van der Waals surface area contributed by atoms with E-state index < -0.39 is 26.2 Å². The van der Waals surface area contributed by atoms with Crippen LogP contribution in [0.25, 0.3) is 0 Å². The highest BCUT2D eigenvalue weighted by atomic mass is 32.2. The molecule has 7 nitrogen and oxygen atoms in total. The maximum absolute atomic E-state index is 12.3. The van der Waals surface area contributed by atoms with Crippen molar-refractivity contribution in [1.29, 1.82) is 0 Å². The van der Waals surface area contributed by atoms with Crippen LogP contribution in [0.2, 0.25) is 0 Å². The highest BCUT2D eigenvalue weighted by Gasteiger charge is 2.36. The number of hydrogen-bond acceptors (Lipinski definition) is 5. The number of nitrogens with one attached hydrogen (secondary N) is 2. The first-order valence-electron chi connectivity index (χ1n) is 5.82. The predicted octanol–water partition coefficient (Wildman–Crippen LogP) is 0.625. The molecule has 19 heavy (non-hydrogen) atoms. The Balaban J connectivity index is 2.37. The van der Waals surface area contributed by atoms with Crippen molar-refractivity contribution in [2.75, 3.05) is 13.1 Å². The molecule has 0 radical (unpaired) electrons. The van der Waals surface area contributed by atoms with Crippen LogP contribution in [-0.4, -0.2) is 32.0 Å². The van der Waals surface area contributed by atoms with Crippen LogP contribution in [0, 0.1) is 10.1 Å². The van der Waals surface area contributed by atoms with Gasteiger partial charge in [-0.05, 0) is 26.0 Å². The number of sulfonamides is 1. The van der Waals surface area contributed by atoms with E-state index in [1.807, 2.05) is 0 Å². The maximum atomic E-state index is 12.3. The van der Waals surface area contributed by atoms with E-state index in [4.69, 9.17) is 0 Å². The molecule has 1 aliphatic heterocycles. The van der Waals surface area contributed by atoms with Crippen LogP contribution in [0.4, 0.5) is 5.69 Å². The summed E-state index contributed by atoms with van der Waals surface area (Å²) in [6.07, 6.45) is 0.646. The molecular formula is C11H15N3O4S. The van der Waals surface area contributed by atoms with E-state index in [2.05, 4.69) is 10.0 Å². The lowest BCUT2D eigenvalue weighted by atomic mass is 10.0. The summed E-state index contributed by atoms with van der Waals surface area (Å²) >= 11 is 0. The van der Waals surface area contributed by atoms with Crippen molar-refractivity contribution in [2.24, 2.45) is 0 Å². The third-order valence-corrected chi connectivity index (χ3v) is 4.79. The normalized spacial score (nSPS) is 23.4. The van der Waals surface area contributed by atoms with Gasteiger partial charge in [0.15, 0.2) is 4.90 Å². The van der Waals surface area contributed by atoms with Gasteiger partial charge in [0.2, 0.25) is 10.0 Å². The first kappa shape index (κ1) is 13.9. The zero-order valence-electron chi connectivity index (χ0n) is 10.4.